The number of ether oxygens (including phenoxy) is 1. The Labute approximate surface area is 75.8 Å². The molecule has 0 heterocycles. The maximum Gasteiger partial charge on any atom is 0.0528 e. The average Bonchev–Trinajstić information content (AvgIpc) is 2.05. The summed E-state index contributed by atoms with van der Waals surface area (Å²) in [6, 6.07) is 0. The Morgan fingerprint density at radius 2 is 2.00 bits per heavy atom. The van der Waals surface area contributed by atoms with Crippen molar-refractivity contribution in [2.24, 2.45) is 11.3 Å². The Morgan fingerprint density at radius 3 is 2.33 bits per heavy atom. The van der Waals surface area contributed by atoms with Gasteiger partial charge < -0.3 is 4.74 Å². The minimum absolute atomic E-state index is 0.194. The first-order valence-corrected chi connectivity index (χ1v) is 4.56. The highest BCUT2D eigenvalue weighted by molar-refractivity contribution is 4.74. The molecule has 0 aromatic carbocycles. The molecular weight excluding hydrogens is 152 g/mol. The van der Waals surface area contributed by atoms with E-state index in [1.54, 1.807) is 7.11 Å². The van der Waals surface area contributed by atoms with Crippen molar-refractivity contribution < 1.29 is 4.74 Å². The number of hydrogen-bond acceptors (Lipinski definition) is 3. The largest absolute Gasteiger partial charge is 0.384 e. The summed E-state index contributed by atoms with van der Waals surface area (Å²) in [5.41, 5.74) is 0.194. The van der Waals surface area contributed by atoms with Gasteiger partial charge in [-0.05, 0) is 6.42 Å². The summed E-state index contributed by atoms with van der Waals surface area (Å²) in [5.74, 6) is 5.74. The molecule has 0 saturated carbocycles. The predicted molar refractivity (Wildman–Crippen MR) is 51.7 cm³/mol. The first-order valence-electron chi connectivity index (χ1n) is 4.56. The smallest absolute Gasteiger partial charge is 0.0528 e. The molecular formula is C9H22N2O. The van der Waals surface area contributed by atoms with E-state index in [2.05, 4.69) is 20.8 Å². The lowest BCUT2D eigenvalue weighted by molar-refractivity contribution is 0.0559. The van der Waals surface area contributed by atoms with Crippen molar-refractivity contribution in [2.75, 3.05) is 26.8 Å². The van der Waals surface area contributed by atoms with E-state index < -0.39 is 0 Å². The molecule has 0 rings (SSSR count). The van der Waals surface area contributed by atoms with Gasteiger partial charge in [-0.15, -0.1) is 0 Å². The molecule has 12 heavy (non-hydrogen) atoms. The normalized spacial score (nSPS) is 16.5. The van der Waals surface area contributed by atoms with Crippen molar-refractivity contribution in [3.05, 3.63) is 0 Å². The van der Waals surface area contributed by atoms with Crippen LogP contribution in [0.15, 0.2) is 0 Å². The van der Waals surface area contributed by atoms with Crippen molar-refractivity contribution in [2.45, 2.75) is 27.2 Å². The highest BCUT2D eigenvalue weighted by atomic mass is 16.5. The third-order valence-corrected chi connectivity index (χ3v) is 2.34. The molecule has 3 nitrogen and oxygen atoms in total. The highest BCUT2D eigenvalue weighted by Crippen LogP contribution is 2.21. The summed E-state index contributed by atoms with van der Waals surface area (Å²) >= 11 is 0. The Kier molecular flexibility index (Phi) is 5.46. The van der Waals surface area contributed by atoms with Crippen molar-refractivity contribution >= 4 is 0 Å². The van der Waals surface area contributed by atoms with E-state index in [0.717, 1.165) is 26.1 Å². The number of nitrogens with two attached hydrogens (primary N) is 1. The molecule has 0 aliphatic heterocycles. The number of methoxy groups -OCH3 is 1. The number of nitrogens with zero attached hydrogens (tertiary/aromatic N) is 1. The molecule has 0 fully saturated rings. The van der Waals surface area contributed by atoms with E-state index >= 15 is 0 Å². The molecule has 0 saturated heterocycles. The van der Waals surface area contributed by atoms with Gasteiger partial charge in [-0.25, -0.2) is 5.01 Å². The summed E-state index contributed by atoms with van der Waals surface area (Å²) < 4.78 is 5.16. The number of rotatable bonds is 6. The molecule has 0 radical (unpaired) electrons. The molecule has 1 atom stereocenters. The molecule has 0 amide bonds. The zero-order valence-corrected chi connectivity index (χ0v) is 8.76. The van der Waals surface area contributed by atoms with Gasteiger partial charge in [-0.1, -0.05) is 20.8 Å². The van der Waals surface area contributed by atoms with Crippen LogP contribution >= 0.6 is 0 Å². The minimum Gasteiger partial charge on any atom is -0.384 e. The zero-order valence-electron chi connectivity index (χ0n) is 8.76. The Bertz CT molecular complexity index is 119. The van der Waals surface area contributed by atoms with Crippen molar-refractivity contribution in [3.8, 4) is 0 Å². The molecule has 0 aliphatic rings. The van der Waals surface area contributed by atoms with Crippen molar-refractivity contribution in [1.82, 2.24) is 5.01 Å². The van der Waals surface area contributed by atoms with Crippen LogP contribution in [0.25, 0.3) is 0 Å². The molecule has 0 bridgehead atoms. The Hall–Kier alpha value is -0.120. The van der Waals surface area contributed by atoms with Gasteiger partial charge in [-0.2, -0.15) is 0 Å². The summed E-state index contributed by atoms with van der Waals surface area (Å²) in [5, 5.41) is 1.84. The summed E-state index contributed by atoms with van der Waals surface area (Å²) in [6.45, 7) is 8.99. The van der Waals surface area contributed by atoms with Gasteiger partial charge in [0.25, 0.3) is 0 Å². The van der Waals surface area contributed by atoms with Crippen LogP contribution < -0.4 is 5.84 Å². The molecule has 2 N–H and O–H groups in total. The topological polar surface area (TPSA) is 38.5 Å². The van der Waals surface area contributed by atoms with Gasteiger partial charge in [0.05, 0.1) is 6.61 Å². The second-order valence-electron chi connectivity index (χ2n) is 3.66. The quantitative estimate of drug-likeness (QED) is 0.486. The van der Waals surface area contributed by atoms with Gasteiger partial charge >= 0.3 is 0 Å². The molecule has 0 spiro atoms. The molecule has 0 aromatic rings. The third-order valence-electron chi connectivity index (χ3n) is 2.34. The van der Waals surface area contributed by atoms with E-state index in [0.29, 0.717) is 0 Å². The zero-order chi connectivity index (χ0) is 9.61. The van der Waals surface area contributed by atoms with E-state index in [4.69, 9.17) is 10.6 Å². The summed E-state index contributed by atoms with van der Waals surface area (Å²) in [4.78, 5) is 0. The maximum atomic E-state index is 5.74. The fourth-order valence-electron chi connectivity index (χ4n) is 1.21. The first-order chi connectivity index (χ1) is 5.58. The van der Waals surface area contributed by atoms with E-state index in [1.807, 2.05) is 5.01 Å². The molecule has 74 valence electrons. The van der Waals surface area contributed by atoms with Crippen LogP contribution in [0.2, 0.25) is 0 Å². The SMILES string of the molecule is CCN(N)CC(C)(CC)COC. The lowest BCUT2D eigenvalue weighted by Gasteiger charge is -2.31. The van der Waals surface area contributed by atoms with Crippen LogP contribution in [-0.4, -0.2) is 31.8 Å². The first kappa shape index (κ1) is 11.9. The van der Waals surface area contributed by atoms with Crippen LogP contribution in [0.3, 0.4) is 0 Å². The van der Waals surface area contributed by atoms with Crippen molar-refractivity contribution in [3.63, 3.8) is 0 Å². The molecule has 1 unspecified atom stereocenters. The molecule has 0 aliphatic carbocycles. The lowest BCUT2D eigenvalue weighted by atomic mass is 9.88. The monoisotopic (exact) mass is 174 g/mol. The van der Waals surface area contributed by atoms with Crippen LogP contribution in [0, 0.1) is 5.41 Å². The highest BCUT2D eigenvalue weighted by Gasteiger charge is 2.23. The fraction of sp³-hybridized carbons (Fsp3) is 1.00. The van der Waals surface area contributed by atoms with E-state index in [-0.39, 0.29) is 5.41 Å². The van der Waals surface area contributed by atoms with Crippen LogP contribution in [0.5, 0.6) is 0 Å². The molecule has 0 aromatic heterocycles. The van der Waals surface area contributed by atoms with Crippen molar-refractivity contribution in [1.29, 1.82) is 0 Å². The Morgan fingerprint density at radius 1 is 1.42 bits per heavy atom. The van der Waals surface area contributed by atoms with Gasteiger partial charge in [0, 0.05) is 25.6 Å². The second-order valence-corrected chi connectivity index (χ2v) is 3.66. The minimum atomic E-state index is 0.194. The predicted octanol–water partition coefficient (Wildman–Crippen LogP) is 1.24. The van der Waals surface area contributed by atoms with Gasteiger partial charge in [-0.3, -0.25) is 5.84 Å². The standard InChI is InChI=1S/C9H22N2O/c1-5-9(3,8-12-4)7-11(10)6-2/h5-8,10H2,1-4H3. The number of hydrazine groups is 1. The number of hydrogen-bond donors (Lipinski definition) is 1. The van der Waals surface area contributed by atoms with Crippen LogP contribution in [0.1, 0.15) is 27.2 Å². The summed E-state index contributed by atoms with van der Waals surface area (Å²) in [7, 11) is 1.74. The third kappa shape index (κ3) is 4.04. The Balaban J connectivity index is 3.94. The van der Waals surface area contributed by atoms with Gasteiger partial charge in [0.2, 0.25) is 0 Å². The second kappa shape index (κ2) is 5.51. The average molecular weight is 174 g/mol. The van der Waals surface area contributed by atoms with E-state index in [9.17, 15) is 0 Å². The van der Waals surface area contributed by atoms with Gasteiger partial charge in [0.15, 0.2) is 0 Å². The van der Waals surface area contributed by atoms with Crippen LogP contribution in [-0.2, 0) is 4.74 Å². The van der Waals surface area contributed by atoms with Crippen LogP contribution in [0.4, 0.5) is 0 Å². The van der Waals surface area contributed by atoms with E-state index in [1.165, 1.54) is 0 Å². The maximum absolute atomic E-state index is 5.74. The van der Waals surface area contributed by atoms with Gasteiger partial charge in [0.1, 0.15) is 0 Å². The summed E-state index contributed by atoms with van der Waals surface area (Å²) in [6.07, 6.45) is 1.09. The fourth-order valence-corrected chi connectivity index (χ4v) is 1.21. The molecule has 3 heteroatoms. The lowest BCUT2D eigenvalue weighted by Crippen LogP contribution is -2.42.